The molecule has 1 aliphatic heterocycles. The first-order valence-corrected chi connectivity index (χ1v) is 6.52. The predicted molar refractivity (Wildman–Crippen MR) is 68.1 cm³/mol. The summed E-state index contributed by atoms with van der Waals surface area (Å²) >= 11 is 0. The maximum Gasteiger partial charge on any atom is 0.327 e. The monoisotopic (exact) mass is 248 g/mol. The lowest BCUT2D eigenvalue weighted by Crippen LogP contribution is -2.43. The molecule has 2 aliphatic rings. The quantitative estimate of drug-likeness (QED) is 0.428. The fourth-order valence-corrected chi connectivity index (χ4v) is 3.01. The van der Waals surface area contributed by atoms with Gasteiger partial charge in [0.05, 0.1) is 5.76 Å². The third-order valence-electron chi connectivity index (χ3n) is 4.26. The molecule has 0 spiro atoms. The van der Waals surface area contributed by atoms with Crippen molar-refractivity contribution in [3.63, 3.8) is 0 Å². The third-order valence-corrected chi connectivity index (χ3v) is 4.26. The molecule has 98 valence electrons. The van der Waals surface area contributed by atoms with Crippen molar-refractivity contribution < 1.29 is 14.3 Å². The van der Waals surface area contributed by atoms with Crippen molar-refractivity contribution in [2.75, 3.05) is 0 Å². The van der Waals surface area contributed by atoms with Crippen LogP contribution >= 0.6 is 0 Å². The van der Waals surface area contributed by atoms with E-state index in [-0.39, 0.29) is 11.2 Å². The molecule has 0 radical (unpaired) electrons. The van der Waals surface area contributed by atoms with E-state index in [0.717, 1.165) is 31.2 Å². The smallest absolute Gasteiger partial charge is 0.327 e. The van der Waals surface area contributed by atoms with Gasteiger partial charge in [0.15, 0.2) is 5.60 Å². The summed E-state index contributed by atoms with van der Waals surface area (Å²) < 4.78 is 5.96. The van der Waals surface area contributed by atoms with Crippen molar-refractivity contribution in [2.24, 2.45) is 5.41 Å². The highest BCUT2D eigenvalue weighted by Crippen LogP contribution is 2.47. The summed E-state index contributed by atoms with van der Waals surface area (Å²) in [6.07, 6.45) is 5.68. The number of nitrogens with zero attached hydrogens (tertiary/aromatic N) is 2. The second-order valence-corrected chi connectivity index (χ2v) is 6.08. The zero-order chi connectivity index (χ0) is 13.4. The summed E-state index contributed by atoms with van der Waals surface area (Å²) in [6.45, 7) is 6.26. The molecule has 0 aromatic heterocycles. The number of Topliss-reactive ketones (excluding diaryl/α,β-unsaturated/α-hetero) is 1. The molecular formula is C14H20N2O2. The molecule has 0 aromatic carbocycles. The number of hydrogen-bond donors (Lipinski definition) is 0. The molecule has 0 aromatic rings. The Bertz CT molecular complexity index is 458. The van der Waals surface area contributed by atoms with Gasteiger partial charge in [-0.05, 0) is 43.6 Å². The lowest BCUT2D eigenvalue weighted by atomic mass is 9.70. The second kappa shape index (κ2) is 4.36. The lowest BCUT2D eigenvalue weighted by molar-refractivity contribution is -0.136. The molecule has 0 saturated heterocycles. The summed E-state index contributed by atoms with van der Waals surface area (Å²) in [5, 5.41) is 0. The van der Waals surface area contributed by atoms with Crippen LogP contribution < -0.4 is 0 Å². The molecule has 0 saturated carbocycles. The minimum Gasteiger partial charge on any atom is -0.483 e. The summed E-state index contributed by atoms with van der Waals surface area (Å²) in [5.41, 5.74) is 9.16. The highest BCUT2D eigenvalue weighted by atomic mass is 16.5. The van der Waals surface area contributed by atoms with E-state index < -0.39 is 5.60 Å². The number of ketones is 1. The van der Waals surface area contributed by atoms with Crippen molar-refractivity contribution in [3.8, 4) is 0 Å². The summed E-state index contributed by atoms with van der Waals surface area (Å²) in [6, 6.07) is 0. The Hall–Kier alpha value is -1.41. The average Bonchev–Trinajstić information content (AvgIpc) is 2.28. The van der Waals surface area contributed by atoms with Gasteiger partial charge in [-0.15, -0.1) is 0 Å². The molecule has 1 heterocycles. The normalized spacial score (nSPS) is 29.9. The van der Waals surface area contributed by atoms with Crippen molar-refractivity contribution in [2.45, 2.75) is 58.5 Å². The molecule has 2 rings (SSSR count). The van der Waals surface area contributed by atoms with E-state index in [0.29, 0.717) is 6.42 Å². The standard InChI is InChI=1S/C14H20N2O2/c1-13(2)7-4-5-11-10(13)6-8-14(3,18-11)12(17)9-16-15/h9H,4-8H2,1-3H3. The van der Waals surface area contributed by atoms with Crippen molar-refractivity contribution >= 4 is 12.0 Å². The van der Waals surface area contributed by atoms with Crippen molar-refractivity contribution in [3.05, 3.63) is 16.9 Å². The Balaban J connectivity index is 2.29. The molecule has 0 fully saturated rings. The number of ether oxygens (including phenoxy) is 1. The molecule has 4 heteroatoms. The predicted octanol–water partition coefficient (Wildman–Crippen LogP) is 2.89. The zero-order valence-corrected chi connectivity index (χ0v) is 11.3. The Morgan fingerprint density at radius 2 is 2.06 bits per heavy atom. The summed E-state index contributed by atoms with van der Waals surface area (Å²) in [5.74, 6) is 0.722. The van der Waals surface area contributed by atoms with Gasteiger partial charge in [0, 0.05) is 6.42 Å². The first kappa shape index (κ1) is 13.0. The van der Waals surface area contributed by atoms with Crippen LogP contribution in [0.2, 0.25) is 0 Å². The lowest BCUT2D eigenvalue weighted by Gasteiger charge is -2.42. The van der Waals surface area contributed by atoms with Gasteiger partial charge in [-0.3, -0.25) is 4.79 Å². The van der Waals surface area contributed by atoms with E-state index in [4.69, 9.17) is 10.3 Å². The van der Waals surface area contributed by atoms with Crippen LogP contribution in [0.15, 0.2) is 11.3 Å². The van der Waals surface area contributed by atoms with E-state index >= 15 is 0 Å². The Kier molecular flexibility index (Phi) is 3.16. The topological polar surface area (TPSA) is 62.7 Å². The molecule has 0 bridgehead atoms. The summed E-state index contributed by atoms with van der Waals surface area (Å²) in [7, 11) is 0. The average molecular weight is 248 g/mol. The van der Waals surface area contributed by atoms with Gasteiger partial charge in [0.2, 0.25) is 0 Å². The summed E-state index contributed by atoms with van der Waals surface area (Å²) in [4.78, 5) is 14.7. The Labute approximate surface area is 108 Å². The molecule has 1 unspecified atom stereocenters. The number of carbonyl (C=O) groups excluding carboxylic acids is 1. The Morgan fingerprint density at radius 1 is 1.33 bits per heavy atom. The number of allylic oxidation sites excluding steroid dienone is 2. The van der Waals surface area contributed by atoms with E-state index in [1.54, 1.807) is 6.92 Å². The highest BCUT2D eigenvalue weighted by molar-refractivity contribution is 6.29. The van der Waals surface area contributed by atoms with Gasteiger partial charge in [0.25, 0.3) is 5.78 Å². The van der Waals surface area contributed by atoms with Gasteiger partial charge < -0.3 is 10.3 Å². The SMILES string of the molecule is CC1(C)CCCC2=C1CCC(C)(C(=O)C=[N+]=[N-])O2. The maximum absolute atomic E-state index is 11.9. The molecule has 0 amide bonds. The van der Waals surface area contributed by atoms with Crippen LogP contribution in [0.4, 0.5) is 0 Å². The first-order valence-electron chi connectivity index (χ1n) is 6.52. The molecular weight excluding hydrogens is 228 g/mol. The largest absolute Gasteiger partial charge is 0.483 e. The minimum atomic E-state index is -0.863. The molecule has 1 atom stereocenters. The molecule has 1 aliphatic carbocycles. The molecule has 4 nitrogen and oxygen atoms in total. The van der Waals surface area contributed by atoms with Crippen LogP contribution in [-0.2, 0) is 9.53 Å². The van der Waals surface area contributed by atoms with E-state index in [1.165, 1.54) is 12.0 Å². The zero-order valence-electron chi connectivity index (χ0n) is 11.3. The fraction of sp³-hybridized carbons (Fsp3) is 0.714. The van der Waals surface area contributed by atoms with Gasteiger partial charge in [-0.2, -0.15) is 4.79 Å². The van der Waals surface area contributed by atoms with Crippen LogP contribution in [0.25, 0.3) is 5.53 Å². The maximum atomic E-state index is 11.9. The van der Waals surface area contributed by atoms with Gasteiger partial charge in [0.1, 0.15) is 0 Å². The first-order chi connectivity index (χ1) is 8.39. The second-order valence-electron chi connectivity index (χ2n) is 6.08. The minimum absolute atomic E-state index is 0.184. The van der Waals surface area contributed by atoms with Gasteiger partial charge in [-0.1, -0.05) is 13.8 Å². The van der Waals surface area contributed by atoms with Crippen LogP contribution in [0.3, 0.4) is 0 Å². The van der Waals surface area contributed by atoms with Crippen molar-refractivity contribution in [1.82, 2.24) is 0 Å². The van der Waals surface area contributed by atoms with E-state index in [9.17, 15) is 4.79 Å². The van der Waals surface area contributed by atoms with Crippen LogP contribution in [-0.4, -0.2) is 22.4 Å². The molecule has 0 N–H and O–H groups in total. The third kappa shape index (κ3) is 2.13. The fourth-order valence-electron chi connectivity index (χ4n) is 3.01. The number of rotatable bonds is 2. The number of carbonyl (C=O) groups is 1. The van der Waals surface area contributed by atoms with Gasteiger partial charge >= 0.3 is 6.21 Å². The van der Waals surface area contributed by atoms with Crippen LogP contribution in [0, 0.1) is 5.41 Å². The van der Waals surface area contributed by atoms with Crippen LogP contribution in [0.1, 0.15) is 52.9 Å². The van der Waals surface area contributed by atoms with Crippen molar-refractivity contribution in [1.29, 1.82) is 0 Å². The van der Waals surface area contributed by atoms with Gasteiger partial charge in [-0.25, -0.2) is 0 Å². The Morgan fingerprint density at radius 3 is 2.72 bits per heavy atom. The van der Waals surface area contributed by atoms with E-state index in [2.05, 4.69) is 18.6 Å². The number of hydrogen-bond acceptors (Lipinski definition) is 2. The van der Waals surface area contributed by atoms with E-state index in [1.807, 2.05) is 0 Å². The van der Waals surface area contributed by atoms with Crippen LogP contribution in [0.5, 0.6) is 0 Å². The molecule has 18 heavy (non-hydrogen) atoms. The highest BCUT2D eigenvalue weighted by Gasteiger charge is 2.44.